The number of hydrogen-bond donors (Lipinski definition) is 1. The lowest BCUT2D eigenvalue weighted by Crippen LogP contribution is -2.12. The predicted octanol–water partition coefficient (Wildman–Crippen LogP) is 4.28. The molecule has 2 rings (SSSR count). The van der Waals surface area contributed by atoms with Crippen LogP contribution in [0.3, 0.4) is 0 Å². The molecule has 0 unspecified atom stereocenters. The van der Waals surface area contributed by atoms with Gasteiger partial charge >= 0.3 is 6.09 Å². The molecule has 0 bridgehead atoms. The van der Waals surface area contributed by atoms with Gasteiger partial charge in [0, 0.05) is 15.9 Å². The normalized spacial score (nSPS) is 10.6. The van der Waals surface area contributed by atoms with Crippen molar-refractivity contribution >= 4 is 45.2 Å². The van der Waals surface area contributed by atoms with Crippen molar-refractivity contribution < 1.29 is 9.90 Å². The van der Waals surface area contributed by atoms with Gasteiger partial charge in [-0.1, -0.05) is 39.1 Å². The molecule has 0 aliphatic carbocycles. The molecule has 0 spiro atoms. The van der Waals surface area contributed by atoms with E-state index in [0.29, 0.717) is 32.3 Å². The number of aromatic nitrogens is 2. The van der Waals surface area contributed by atoms with Gasteiger partial charge in [-0.15, -0.1) is 0 Å². The highest BCUT2D eigenvalue weighted by Crippen LogP contribution is 2.30. The zero-order valence-corrected chi connectivity index (χ0v) is 12.0. The summed E-state index contributed by atoms with van der Waals surface area (Å²) in [5.74, 6) is 0. The van der Waals surface area contributed by atoms with Crippen LogP contribution in [0.2, 0.25) is 10.0 Å². The fourth-order valence-corrected chi connectivity index (χ4v) is 2.29. The van der Waals surface area contributed by atoms with Gasteiger partial charge in [0.15, 0.2) is 0 Å². The Bertz CT molecular complexity index is 613. The topological polar surface area (TPSA) is 55.1 Å². The Kier molecular flexibility index (Phi) is 3.94. The molecule has 0 aliphatic heterocycles. The molecule has 1 N–H and O–H groups in total. The van der Waals surface area contributed by atoms with Crippen molar-refractivity contribution in [3.63, 3.8) is 0 Å². The molecule has 0 amide bonds. The molecule has 1 aromatic heterocycles. The highest BCUT2D eigenvalue weighted by Gasteiger charge is 2.15. The molecule has 94 valence electrons. The van der Waals surface area contributed by atoms with Gasteiger partial charge in [-0.25, -0.2) is 4.79 Å². The fourth-order valence-electron chi connectivity index (χ4n) is 1.51. The number of carbonyl (C=O) groups is 1. The van der Waals surface area contributed by atoms with Crippen LogP contribution in [0.25, 0.3) is 11.3 Å². The smallest absolute Gasteiger partial charge is 0.432 e. The molecule has 2 aromatic rings. The summed E-state index contributed by atoms with van der Waals surface area (Å²) in [6.07, 6.45) is -1.14. The molecule has 0 saturated heterocycles. The highest BCUT2D eigenvalue weighted by molar-refractivity contribution is 9.08. The lowest BCUT2D eigenvalue weighted by atomic mass is 10.1. The van der Waals surface area contributed by atoms with E-state index >= 15 is 0 Å². The van der Waals surface area contributed by atoms with Gasteiger partial charge in [-0.3, -0.25) is 0 Å². The van der Waals surface area contributed by atoms with Crippen molar-refractivity contribution in [3.05, 3.63) is 40.0 Å². The van der Waals surface area contributed by atoms with Crippen molar-refractivity contribution in [2.24, 2.45) is 0 Å². The van der Waals surface area contributed by atoms with E-state index in [2.05, 4.69) is 21.0 Å². The van der Waals surface area contributed by atoms with Crippen molar-refractivity contribution in [1.29, 1.82) is 0 Å². The largest absolute Gasteiger partial charge is 0.463 e. The van der Waals surface area contributed by atoms with E-state index in [0.717, 1.165) is 4.68 Å². The first-order valence-corrected chi connectivity index (χ1v) is 6.74. The summed E-state index contributed by atoms with van der Waals surface area (Å²) in [6.45, 7) is 0. The summed E-state index contributed by atoms with van der Waals surface area (Å²) in [6, 6.07) is 6.61. The number of carboxylic acid groups (broad SMARTS) is 1. The SMILES string of the molecule is O=C(O)n1nc(-c2cc(Cl)ccc2Cl)cc1CBr. The average molecular weight is 350 g/mol. The summed E-state index contributed by atoms with van der Waals surface area (Å²) in [4.78, 5) is 11.0. The first-order chi connectivity index (χ1) is 8.52. The molecular weight excluding hydrogens is 343 g/mol. The Balaban J connectivity index is 2.57. The standard InChI is InChI=1S/C11H7BrCl2N2O2/c12-5-7-4-10(15-16(7)11(17)18)8-3-6(13)1-2-9(8)14/h1-4H,5H2,(H,17,18). The molecule has 18 heavy (non-hydrogen) atoms. The lowest BCUT2D eigenvalue weighted by Gasteiger charge is -2.00. The molecule has 7 heteroatoms. The Labute approximate surface area is 121 Å². The number of alkyl halides is 1. The van der Waals surface area contributed by atoms with Crippen LogP contribution >= 0.6 is 39.1 Å². The van der Waals surface area contributed by atoms with E-state index in [1.165, 1.54) is 0 Å². The number of hydrogen-bond acceptors (Lipinski definition) is 2. The molecule has 1 aromatic carbocycles. The van der Waals surface area contributed by atoms with E-state index in [-0.39, 0.29) is 0 Å². The van der Waals surface area contributed by atoms with Crippen LogP contribution in [0.1, 0.15) is 5.69 Å². The Hall–Kier alpha value is -1.04. The quantitative estimate of drug-likeness (QED) is 0.823. The van der Waals surface area contributed by atoms with Gasteiger partial charge in [-0.2, -0.15) is 9.78 Å². The molecule has 0 radical (unpaired) electrons. The third kappa shape index (κ3) is 2.53. The van der Waals surface area contributed by atoms with Gasteiger partial charge in [0.2, 0.25) is 0 Å². The first kappa shape index (κ1) is 13.4. The van der Waals surface area contributed by atoms with Crippen LogP contribution in [-0.2, 0) is 5.33 Å². The summed E-state index contributed by atoms with van der Waals surface area (Å²) < 4.78 is 0.904. The second-order valence-corrected chi connectivity index (χ2v) is 4.88. The van der Waals surface area contributed by atoms with Crippen LogP contribution in [-0.4, -0.2) is 21.0 Å². The van der Waals surface area contributed by atoms with Crippen molar-refractivity contribution in [2.45, 2.75) is 5.33 Å². The van der Waals surface area contributed by atoms with E-state index in [4.69, 9.17) is 28.3 Å². The maximum Gasteiger partial charge on any atom is 0.432 e. The van der Waals surface area contributed by atoms with Crippen LogP contribution in [0, 0.1) is 0 Å². The van der Waals surface area contributed by atoms with Gasteiger partial charge in [0.05, 0.1) is 16.4 Å². The Morgan fingerprint density at radius 2 is 2.11 bits per heavy atom. The molecule has 0 atom stereocenters. The summed E-state index contributed by atoms with van der Waals surface area (Å²) in [5.41, 5.74) is 1.60. The van der Waals surface area contributed by atoms with Crippen LogP contribution < -0.4 is 0 Å². The second-order valence-electron chi connectivity index (χ2n) is 3.47. The van der Waals surface area contributed by atoms with Crippen molar-refractivity contribution in [2.75, 3.05) is 0 Å². The third-order valence-corrected chi connectivity index (χ3v) is 3.44. The first-order valence-electron chi connectivity index (χ1n) is 4.86. The summed E-state index contributed by atoms with van der Waals surface area (Å²) >= 11 is 15.2. The Morgan fingerprint density at radius 3 is 2.67 bits per heavy atom. The zero-order valence-electron chi connectivity index (χ0n) is 8.90. The van der Waals surface area contributed by atoms with Crippen LogP contribution in [0.15, 0.2) is 24.3 Å². The van der Waals surface area contributed by atoms with Crippen LogP contribution in [0.4, 0.5) is 4.79 Å². The number of benzene rings is 1. The highest BCUT2D eigenvalue weighted by atomic mass is 79.9. The number of halogens is 3. The third-order valence-electron chi connectivity index (χ3n) is 2.31. The minimum absolute atomic E-state index is 0.379. The van der Waals surface area contributed by atoms with E-state index in [1.807, 2.05) is 0 Å². The molecule has 0 aliphatic rings. The molecule has 0 saturated carbocycles. The molecule has 4 nitrogen and oxygen atoms in total. The van der Waals surface area contributed by atoms with E-state index in [1.54, 1.807) is 24.3 Å². The Morgan fingerprint density at radius 1 is 1.39 bits per heavy atom. The monoisotopic (exact) mass is 348 g/mol. The van der Waals surface area contributed by atoms with Gasteiger partial charge in [-0.05, 0) is 24.3 Å². The summed E-state index contributed by atoms with van der Waals surface area (Å²) in [7, 11) is 0. The predicted molar refractivity (Wildman–Crippen MR) is 73.7 cm³/mol. The number of rotatable bonds is 2. The minimum atomic E-state index is -1.14. The van der Waals surface area contributed by atoms with Crippen molar-refractivity contribution in [1.82, 2.24) is 9.78 Å². The number of nitrogens with zero attached hydrogens (tertiary/aromatic N) is 2. The van der Waals surface area contributed by atoms with Crippen LogP contribution in [0.5, 0.6) is 0 Å². The molecular formula is C11H7BrCl2N2O2. The zero-order chi connectivity index (χ0) is 13.3. The average Bonchev–Trinajstić information content (AvgIpc) is 2.76. The molecule has 0 fully saturated rings. The lowest BCUT2D eigenvalue weighted by molar-refractivity contribution is 0.192. The molecule has 1 heterocycles. The minimum Gasteiger partial charge on any atom is -0.463 e. The maximum absolute atomic E-state index is 11.0. The van der Waals surface area contributed by atoms with Gasteiger partial charge < -0.3 is 5.11 Å². The fraction of sp³-hybridized carbons (Fsp3) is 0.0909. The van der Waals surface area contributed by atoms with Gasteiger partial charge in [0.1, 0.15) is 0 Å². The van der Waals surface area contributed by atoms with Crippen molar-refractivity contribution in [3.8, 4) is 11.3 Å². The summed E-state index contributed by atoms with van der Waals surface area (Å²) in [5, 5.41) is 14.4. The second kappa shape index (κ2) is 5.30. The van der Waals surface area contributed by atoms with Gasteiger partial charge in [0.25, 0.3) is 0 Å². The van der Waals surface area contributed by atoms with E-state index < -0.39 is 6.09 Å². The maximum atomic E-state index is 11.0. The van der Waals surface area contributed by atoms with E-state index in [9.17, 15) is 4.79 Å².